The summed E-state index contributed by atoms with van der Waals surface area (Å²) in [5.74, 6) is 1.45. The minimum atomic E-state index is -2.86. The maximum absolute atomic E-state index is 12.7. The van der Waals surface area contributed by atoms with Crippen molar-refractivity contribution < 1.29 is 23.4 Å². The normalized spacial score (nSPS) is 16.8. The predicted molar refractivity (Wildman–Crippen MR) is 136 cm³/mol. The lowest BCUT2D eigenvalue weighted by molar-refractivity contribution is -0.0495. The highest BCUT2D eigenvalue weighted by Crippen LogP contribution is 2.31. The number of methoxy groups -OCH3 is 1. The van der Waals surface area contributed by atoms with Crippen LogP contribution in [0.1, 0.15) is 25.0 Å². The second-order valence-corrected chi connectivity index (χ2v) is 7.43. The standard InChI is InChI=1S/C23H30F2N4O3.HI/c1-3-26-23(27-14-20(30)16-7-6-8-18(13-16)31-2)28-17-11-12-29(15-17)19-9-4-5-10-21(19)32-22(24)25;/h4-10,13,17,20,22,30H,3,11-12,14-15H2,1-2H3,(H2,26,27,28);1H. The third-order valence-corrected chi connectivity index (χ3v) is 5.20. The molecular weight excluding hydrogens is 545 g/mol. The number of anilines is 1. The third kappa shape index (κ3) is 7.88. The number of aliphatic hydroxyl groups is 1. The summed E-state index contributed by atoms with van der Waals surface area (Å²) in [7, 11) is 1.58. The van der Waals surface area contributed by atoms with Gasteiger partial charge in [-0.05, 0) is 43.2 Å². The molecule has 7 nitrogen and oxygen atoms in total. The molecule has 2 aromatic carbocycles. The zero-order valence-corrected chi connectivity index (χ0v) is 21.0. The molecule has 1 fully saturated rings. The van der Waals surface area contributed by atoms with Crippen LogP contribution in [0.25, 0.3) is 0 Å². The summed E-state index contributed by atoms with van der Waals surface area (Å²) in [6.45, 7) is 1.27. The van der Waals surface area contributed by atoms with Crippen LogP contribution in [0.3, 0.4) is 0 Å². The first-order valence-corrected chi connectivity index (χ1v) is 10.7. The number of benzene rings is 2. The van der Waals surface area contributed by atoms with E-state index in [1.165, 1.54) is 0 Å². The van der Waals surface area contributed by atoms with E-state index in [4.69, 9.17) is 4.74 Å². The summed E-state index contributed by atoms with van der Waals surface area (Å²) in [5, 5.41) is 17.1. The Morgan fingerprint density at radius 3 is 2.76 bits per heavy atom. The molecule has 1 saturated heterocycles. The molecule has 0 bridgehead atoms. The highest BCUT2D eigenvalue weighted by atomic mass is 127. The molecule has 1 aliphatic heterocycles. The number of rotatable bonds is 9. The molecule has 0 spiro atoms. The molecule has 0 radical (unpaired) electrons. The van der Waals surface area contributed by atoms with Gasteiger partial charge in [-0.3, -0.25) is 4.99 Å². The maximum Gasteiger partial charge on any atom is 0.387 e. The number of aliphatic imine (C=N–C) groups is 1. The van der Waals surface area contributed by atoms with Crippen LogP contribution in [0, 0.1) is 0 Å². The van der Waals surface area contributed by atoms with Crippen LogP contribution in [0.4, 0.5) is 14.5 Å². The molecular formula is C23H31F2IN4O3. The zero-order chi connectivity index (χ0) is 22.9. The van der Waals surface area contributed by atoms with E-state index in [0.717, 1.165) is 12.0 Å². The van der Waals surface area contributed by atoms with Crippen LogP contribution in [0.2, 0.25) is 0 Å². The molecule has 182 valence electrons. The van der Waals surface area contributed by atoms with Crippen LogP contribution in [0.5, 0.6) is 11.5 Å². The van der Waals surface area contributed by atoms with E-state index in [1.54, 1.807) is 37.4 Å². The highest BCUT2D eigenvalue weighted by molar-refractivity contribution is 14.0. The first kappa shape index (κ1) is 26.9. The van der Waals surface area contributed by atoms with Gasteiger partial charge in [0, 0.05) is 25.7 Å². The van der Waals surface area contributed by atoms with Crippen molar-refractivity contribution in [2.75, 3.05) is 38.2 Å². The van der Waals surface area contributed by atoms with Crippen molar-refractivity contribution in [2.45, 2.75) is 32.1 Å². The average molecular weight is 576 g/mol. The predicted octanol–water partition coefficient (Wildman–Crippen LogP) is 3.78. The van der Waals surface area contributed by atoms with Gasteiger partial charge in [-0.2, -0.15) is 8.78 Å². The lowest BCUT2D eigenvalue weighted by atomic mass is 10.1. The number of hydrogen-bond acceptors (Lipinski definition) is 5. The Morgan fingerprint density at radius 2 is 2.03 bits per heavy atom. The lowest BCUT2D eigenvalue weighted by Crippen LogP contribution is -2.44. The lowest BCUT2D eigenvalue weighted by Gasteiger charge is -2.22. The van der Waals surface area contributed by atoms with Gasteiger partial charge in [0.25, 0.3) is 0 Å². The van der Waals surface area contributed by atoms with Gasteiger partial charge in [0.05, 0.1) is 25.4 Å². The minimum absolute atomic E-state index is 0. The summed E-state index contributed by atoms with van der Waals surface area (Å²) in [5.41, 5.74) is 1.37. The van der Waals surface area contributed by atoms with E-state index in [0.29, 0.717) is 37.0 Å². The van der Waals surface area contributed by atoms with Crippen molar-refractivity contribution in [1.29, 1.82) is 0 Å². The first-order chi connectivity index (χ1) is 15.5. The van der Waals surface area contributed by atoms with Crippen molar-refractivity contribution >= 4 is 35.6 Å². The topological polar surface area (TPSA) is 78.4 Å². The number of para-hydroxylation sites is 2. The van der Waals surface area contributed by atoms with Gasteiger partial charge < -0.3 is 30.1 Å². The molecule has 0 saturated carbocycles. The monoisotopic (exact) mass is 576 g/mol. The number of alkyl halides is 2. The van der Waals surface area contributed by atoms with E-state index in [2.05, 4.69) is 20.4 Å². The van der Waals surface area contributed by atoms with Crippen LogP contribution in [0.15, 0.2) is 53.5 Å². The Bertz CT molecular complexity index is 904. The quantitative estimate of drug-likeness (QED) is 0.240. The van der Waals surface area contributed by atoms with Gasteiger partial charge in [0.15, 0.2) is 5.96 Å². The van der Waals surface area contributed by atoms with Crippen molar-refractivity contribution in [3.63, 3.8) is 0 Å². The SMILES string of the molecule is CCNC(=NCC(O)c1cccc(OC)c1)NC1CCN(c2ccccc2OC(F)F)C1.I. The number of halogens is 3. The highest BCUT2D eigenvalue weighted by Gasteiger charge is 2.26. The molecule has 0 amide bonds. The van der Waals surface area contributed by atoms with Gasteiger partial charge in [0.1, 0.15) is 11.5 Å². The summed E-state index contributed by atoms with van der Waals surface area (Å²) in [6.07, 6.45) is 0.0466. The smallest absolute Gasteiger partial charge is 0.387 e. The number of nitrogens with zero attached hydrogens (tertiary/aromatic N) is 2. The molecule has 3 N–H and O–H groups in total. The maximum atomic E-state index is 12.7. The largest absolute Gasteiger partial charge is 0.497 e. The molecule has 1 aliphatic rings. The number of hydrogen-bond donors (Lipinski definition) is 3. The van der Waals surface area contributed by atoms with E-state index < -0.39 is 12.7 Å². The van der Waals surface area contributed by atoms with Gasteiger partial charge in [0.2, 0.25) is 0 Å². The number of ether oxygens (including phenoxy) is 2. The molecule has 2 aromatic rings. The van der Waals surface area contributed by atoms with E-state index in [9.17, 15) is 13.9 Å². The van der Waals surface area contributed by atoms with Gasteiger partial charge >= 0.3 is 6.61 Å². The van der Waals surface area contributed by atoms with Crippen molar-refractivity contribution in [3.8, 4) is 11.5 Å². The summed E-state index contributed by atoms with van der Waals surface area (Å²) >= 11 is 0. The van der Waals surface area contributed by atoms with E-state index in [-0.39, 0.29) is 42.3 Å². The minimum Gasteiger partial charge on any atom is -0.497 e. The third-order valence-electron chi connectivity index (χ3n) is 5.20. The average Bonchev–Trinajstić information content (AvgIpc) is 3.25. The first-order valence-electron chi connectivity index (χ1n) is 10.7. The van der Waals surface area contributed by atoms with Crippen LogP contribution >= 0.6 is 24.0 Å². The number of guanidine groups is 1. The fourth-order valence-electron chi connectivity index (χ4n) is 3.66. The molecule has 33 heavy (non-hydrogen) atoms. The fourth-order valence-corrected chi connectivity index (χ4v) is 3.66. The van der Waals surface area contributed by atoms with Gasteiger partial charge in [-0.15, -0.1) is 24.0 Å². The Labute approximate surface area is 210 Å². The van der Waals surface area contributed by atoms with E-state index >= 15 is 0 Å². The Hall–Kier alpha value is -2.34. The second-order valence-electron chi connectivity index (χ2n) is 7.43. The molecule has 2 unspecified atom stereocenters. The molecule has 2 atom stereocenters. The van der Waals surface area contributed by atoms with Gasteiger partial charge in [-0.25, -0.2) is 0 Å². The Morgan fingerprint density at radius 1 is 1.24 bits per heavy atom. The summed E-state index contributed by atoms with van der Waals surface area (Å²) in [6, 6.07) is 14.1. The van der Waals surface area contributed by atoms with Gasteiger partial charge in [-0.1, -0.05) is 24.3 Å². The van der Waals surface area contributed by atoms with Crippen molar-refractivity contribution in [1.82, 2.24) is 10.6 Å². The number of aliphatic hydroxyl groups excluding tert-OH is 1. The van der Waals surface area contributed by atoms with Crippen LogP contribution in [-0.2, 0) is 0 Å². The molecule has 1 heterocycles. The molecule has 0 aliphatic carbocycles. The molecule has 0 aromatic heterocycles. The van der Waals surface area contributed by atoms with E-state index in [1.807, 2.05) is 30.0 Å². The Kier molecular flexibility index (Phi) is 10.9. The zero-order valence-electron chi connectivity index (χ0n) is 18.7. The van der Waals surface area contributed by atoms with Crippen LogP contribution in [-0.4, -0.2) is 57.0 Å². The molecule has 10 heteroatoms. The number of nitrogens with one attached hydrogen (secondary N) is 2. The fraction of sp³-hybridized carbons (Fsp3) is 0.435. The molecule has 3 rings (SSSR count). The van der Waals surface area contributed by atoms with Crippen molar-refractivity contribution in [3.05, 3.63) is 54.1 Å². The summed E-state index contributed by atoms with van der Waals surface area (Å²) < 4.78 is 35.3. The summed E-state index contributed by atoms with van der Waals surface area (Å²) in [4.78, 5) is 6.54. The Balaban J connectivity index is 0.00000385. The second kappa shape index (κ2) is 13.4. The van der Waals surface area contributed by atoms with Crippen LogP contribution < -0.4 is 25.0 Å². The van der Waals surface area contributed by atoms with Crippen molar-refractivity contribution in [2.24, 2.45) is 4.99 Å².